The Bertz CT molecular complexity index is 980. The maximum absolute atomic E-state index is 13.3. The molecule has 2 aromatic heterocycles. The molecule has 172 valence electrons. The molecule has 0 aromatic carbocycles. The van der Waals surface area contributed by atoms with Crippen LogP contribution in [0.3, 0.4) is 0 Å². The van der Waals surface area contributed by atoms with Crippen LogP contribution in [0.15, 0.2) is 30.5 Å². The van der Waals surface area contributed by atoms with E-state index >= 15 is 0 Å². The Labute approximate surface area is 185 Å². The van der Waals surface area contributed by atoms with Gasteiger partial charge in [-0.3, -0.25) is 9.59 Å². The summed E-state index contributed by atoms with van der Waals surface area (Å²) in [6.07, 6.45) is 0.704. The first-order valence-corrected chi connectivity index (χ1v) is 10.5. The van der Waals surface area contributed by atoms with E-state index in [0.717, 1.165) is 19.3 Å². The minimum Gasteiger partial charge on any atom is -0.433 e. The van der Waals surface area contributed by atoms with Crippen LogP contribution in [0.1, 0.15) is 49.2 Å². The summed E-state index contributed by atoms with van der Waals surface area (Å²) >= 11 is 0. The van der Waals surface area contributed by atoms with Crippen molar-refractivity contribution in [3.8, 4) is 5.75 Å². The molecular formula is C22H27F2N5O3. The van der Waals surface area contributed by atoms with Crippen molar-refractivity contribution in [1.29, 1.82) is 0 Å². The third-order valence-electron chi connectivity index (χ3n) is 5.06. The SMILES string of the molecule is CC(=O)NC[C@H]1CCCCN1C(=O)c1nc(Nc2cc(OC(C)(F)F)ccn2)ccc1C. The number of aryl methyl sites for hydroxylation is 1. The first-order valence-electron chi connectivity index (χ1n) is 10.5. The van der Waals surface area contributed by atoms with E-state index < -0.39 is 6.11 Å². The predicted octanol–water partition coefficient (Wildman–Crippen LogP) is 3.65. The Hall–Kier alpha value is -3.30. The normalized spacial score (nSPS) is 16.4. The summed E-state index contributed by atoms with van der Waals surface area (Å²) < 4.78 is 30.8. The van der Waals surface area contributed by atoms with E-state index in [4.69, 9.17) is 0 Å². The molecule has 0 saturated carbocycles. The van der Waals surface area contributed by atoms with Gasteiger partial charge in [0.2, 0.25) is 5.91 Å². The highest BCUT2D eigenvalue weighted by Crippen LogP contribution is 2.25. The molecule has 0 spiro atoms. The number of hydrogen-bond donors (Lipinski definition) is 2. The summed E-state index contributed by atoms with van der Waals surface area (Å²) in [7, 11) is 0. The summed E-state index contributed by atoms with van der Waals surface area (Å²) in [5.41, 5.74) is 0.997. The molecule has 3 rings (SSSR count). The van der Waals surface area contributed by atoms with Gasteiger partial charge in [-0.15, -0.1) is 0 Å². The summed E-state index contributed by atoms with van der Waals surface area (Å²) in [6, 6.07) is 6.00. The number of nitrogens with one attached hydrogen (secondary N) is 2. The molecule has 1 atom stereocenters. The van der Waals surface area contributed by atoms with Crippen LogP contribution in [-0.2, 0) is 4.79 Å². The van der Waals surface area contributed by atoms with Crippen molar-refractivity contribution < 1.29 is 23.1 Å². The number of likely N-dealkylation sites (tertiary alicyclic amines) is 1. The minimum atomic E-state index is -3.32. The monoisotopic (exact) mass is 447 g/mol. The van der Waals surface area contributed by atoms with Crippen molar-refractivity contribution in [3.05, 3.63) is 41.7 Å². The number of alkyl halides is 2. The van der Waals surface area contributed by atoms with Crippen LogP contribution in [0.2, 0.25) is 0 Å². The van der Waals surface area contributed by atoms with E-state index in [1.807, 2.05) is 0 Å². The zero-order valence-corrected chi connectivity index (χ0v) is 18.3. The Morgan fingerprint density at radius 1 is 1.25 bits per heavy atom. The lowest BCUT2D eigenvalue weighted by molar-refractivity contribution is -0.158. The molecule has 2 N–H and O–H groups in total. The second kappa shape index (κ2) is 9.88. The van der Waals surface area contributed by atoms with Gasteiger partial charge in [0.05, 0.1) is 0 Å². The van der Waals surface area contributed by atoms with Crippen LogP contribution < -0.4 is 15.4 Å². The van der Waals surface area contributed by atoms with Gasteiger partial charge in [0.15, 0.2) is 0 Å². The van der Waals surface area contributed by atoms with Crippen LogP contribution in [0, 0.1) is 6.92 Å². The summed E-state index contributed by atoms with van der Waals surface area (Å²) in [5, 5.41) is 5.72. The largest absolute Gasteiger partial charge is 0.433 e. The molecule has 1 aliphatic heterocycles. The van der Waals surface area contributed by atoms with Crippen molar-refractivity contribution in [2.24, 2.45) is 0 Å². The number of aromatic nitrogens is 2. The standard InChI is InChI=1S/C22H27F2N5O3/c1-14-7-8-18(27-19-12-17(9-10-25-19)32-22(3,23)24)28-20(14)21(31)29-11-5-4-6-16(29)13-26-15(2)30/h7-10,12,16H,4-6,11,13H2,1-3H3,(H,26,30)(H,25,27,28)/t16-/m1/s1. The highest BCUT2D eigenvalue weighted by Gasteiger charge is 2.29. The van der Waals surface area contributed by atoms with Gasteiger partial charge < -0.3 is 20.3 Å². The molecule has 3 heterocycles. The van der Waals surface area contributed by atoms with Crippen molar-refractivity contribution >= 4 is 23.5 Å². The Balaban J connectivity index is 1.78. The van der Waals surface area contributed by atoms with Gasteiger partial charge in [-0.2, -0.15) is 8.78 Å². The smallest absolute Gasteiger partial charge is 0.394 e. The van der Waals surface area contributed by atoms with Gasteiger partial charge in [0.25, 0.3) is 5.91 Å². The molecular weight excluding hydrogens is 420 g/mol. The number of ether oxygens (including phenoxy) is 1. The molecule has 1 fully saturated rings. The second-order valence-electron chi connectivity index (χ2n) is 7.86. The number of rotatable bonds is 7. The maximum Gasteiger partial charge on any atom is 0.394 e. The average molecular weight is 447 g/mol. The van der Waals surface area contributed by atoms with Gasteiger partial charge in [-0.1, -0.05) is 6.07 Å². The highest BCUT2D eigenvalue weighted by atomic mass is 19.3. The average Bonchev–Trinajstić information content (AvgIpc) is 2.72. The van der Waals surface area contributed by atoms with Gasteiger partial charge in [0, 0.05) is 45.2 Å². The number of pyridine rings is 2. The summed E-state index contributed by atoms with van der Waals surface area (Å²) in [5.74, 6) is 0.206. The molecule has 32 heavy (non-hydrogen) atoms. The first-order chi connectivity index (χ1) is 15.1. The van der Waals surface area contributed by atoms with Crippen LogP contribution in [0.4, 0.5) is 20.4 Å². The molecule has 2 aromatic rings. The quantitative estimate of drug-likeness (QED) is 0.673. The van der Waals surface area contributed by atoms with E-state index in [2.05, 4.69) is 25.3 Å². The molecule has 10 heteroatoms. The molecule has 0 aliphatic carbocycles. The number of carbonyl (C=O) groups is 2. The summed E-state index contributed by atoms with van der Waals surface area (Å²) in [4.78, 5) is 34.9. The molecule has 0 unspecified atom stereocenters. The lowest BCUT2D eigenvalue weighted by Gasteiger charge is -2.36. The van der Waals surface area contributed by atoms with Gasteiger partial charge >= 0.3 is 6.11 Å². The van der Waals surface area contributed by atoms with E-state index in [1.54, 1.807) is 24.0 Å². The van der Waals surface area contributed by atoms with Crippen LogP contribution in [0.5, 0.6) is 5.75 Å². The number of amides is 2. The predicted molar refractivity (Wildman–Crippen MR) is 115 cm³/mol. The fourth-order valence-electron chi connectivity index (χ4n) is 3.57. The van der Waals surface area contributed by atoms with Gasteiger partial charge in [-0.25, -0.2) is 9.97 Å². The van der Waals surface area contributed by atoms with Crippen LogP contribution in [-0.4, -0.2) is 51.9 Å². The Kier molecular flexibility index (Phi) is 7.22. The number of hydrogen-bond acceptors (Lipinski definition) is 6. The molecule has 1 aliphatic rings. The molecule has 8 nitrogen and oxygen atoms in total. The van der Waals surface area contributed by atoms with E-state index in [9.17, 15) is 18.4 Å². The van der Waals surface area contributed by atoms with Crippen molar-refractivity contribution in [1.82, 2.24) is 20.2 Å². The zero-order chi connectivity index (χ0) is 23.3. The summed E-state index contributed by atoms with van der Waals surface area (Å²) in [6.45, 7) is 4.89. The van der Waals surface area contributed by atoms with E-state index in [1.165, 1.54) is 25.3 Å². The van der Waals surface area contributed by atoms with Crippen molar-refractivity contribution in [2.75, 3.05) is 18.4 Å². The minimum absolute atomic E-state index is 0.0486. The number of carbonyl (C=O) groups excluding carboxylic acids is 2. The molecule has 2 amide bonds. The number of halogens is 2. The van der Waals surface area contributed by atoms with Crippen LogP contribution >= 0.6 is 0 Å². The number of piperidine rings is 1. The lowest BCUT2D eigenvalue weighted by atomic mass is 10.0. The number of nitrogens with zero attached hydrogens (tertiary/aromatic N) is 3. The third kappa shape index (κ3) is 6.35. The topological polar surface area (TPSA) is 96.5 Å². The van der Waals surface area contributed by atoms with Crippen molar-refractivity contribution in [2.45, 2.75) is 52.2 Å². The Morgan fingerprint density at radius 2 is 2.03 bits per heavy atom. The third-order valence-corrected chi connectivity index (χ3v) is 5.06. The molecule has 0 bridgehead atoms. The van der Waals surface area contributed by atoms with E-state index in [0.29, 0.717) is 31.4 Å². The maximum atomic E-state index is 13.3. The van der Waals surface area contributed by atoms with Gasteiger partial charge in [0.1, 0.15) is 23.1 Å². The zero-order valence-electron chi connectivity index (χ0n) is 18.3. The second-order valence-corrected chi connectivity index (χ2v) is 7.86. The first kappa shape index (κ1) is 23.4. The van der Waals surface area contributed by atoms with Gasteiger partial charge in [-0.05, 0) is 43.9 Å². The van der Waals surface area contributed by atoms with Crippen LogP contribution in [0.25, 0.3) is 0 Å². The molecule has 0 radical (unpaired) electrons. The van der Waals surface area contributed by atoms with Crippen molar-refractivity contribution in [3.63, 3.8) is 0 Å². The fraction of sp³-hybridized carbons (Fsp3) is 0.455. The Morgan fingerprint density at radius 3 is 2.75 bits per heavy atom. The highest BCUT2D eigenvalue weighted by molar-refractivity contribution is 5.94. The van der Waals surface area contributed by atoms with E-state index in [-0.39, 0.29) is 35.1 Å². The fourth-order valence-corrected chi connectivity index (χ4v) is 3.57. The molecule has 1 saturated heterocycles. The number of anilines is 2. The lowest BCUT2D eigenvalue weighted by Crippen LogP contribution is -2.49.